The highest BCUT2D eigenvalue weighted by molar-refractivity contribution is 7.89. The quantitative estimate of drug-likeness (QED) is 0.638. The van der Waals surface area contributed by atoms with E-state index in [4.69, 9.17) is 11.6 Å². The fraction of sp³-hybridized carbons (Fsp3) is 0.300. The maximum Gasteiger partial charge on any atom is 0.251 e. The van der Waals surface area contributed by atoms with Crippen LogP contribution in [-0.2, 0) is 21.4 Å². The van der Waals surface area contributed by atoms with Crippen LogP contribution in [0.1, 0.15) is 15.9 Å². The number of carbonyl (C=O) groups excluding carboxylic acids is 2. The van der Waals surface area contributed by atoms with Gasteiger partial charge in [0.15, 0.2) is 0 Å². The van der Waals surface area contributed by atoms with Crippen LogP contribution in [0.15, 0.2) is 47.4 Å². The van der Waals surface area contributed by atoms with Gasteiger partial charge >= 0.3 is 0 Å². The van der Waals surface area contributed by atoms with Crippen LogP contribution in [0.3, 0.4) is 0 Å². The predicted octanol–water partition coefficient (Wildman–Crippen LogP) is 2.02. The topological polar surface area (TPSA) is 98.8 Å². The smallest absolute Gasteiger partial charge is 0.251 e. The largest absolute Gasteiger partial charge is 0.348 e. The summed E-state index contributed by atoms with van der Waals surface area (Å²) in [4.78, 5) is 26.0. The SMILES string of the molecule is CN(C)CC(=O)Nc1cccc(CNC(=O)c2ccc(Cl)c(S(=O)(=O)N(C)C)c2)c1. The minimum absolute atomic E-state index is 0.0430. The standard InChI is InChI=1S/C20H25ClN4O4S/c1-24(2)13-19(26)23-16-7-5-6-14(10-16)12-22-20(27)15-8-9-17(21)18(11-15)30(28,29)25(3)4/h5-11H,12-13H2,1-4H3,(H,22,27)(H,23,26). The van der Waals surface area contributed by atoms with E-state index < -0.39 is 15.9 Å². The fourth-order valence-corrected chi connectivity index (χ4v) is 3.96. The first kappa shape index (κ1) is 23.8. The molecule has 8 nitrogen and oxygen atoms in total. The summed E-state index contributed by atoms with van der Waals surface area (Å²) in [5, 5.41) is 5.58. The highest BCUT2D eigenvalue weighted by Gasteiger charge is 2.22. The Kier molecular flexibility index (Phi) is 7.96. The number of nitrogens with zero attached hydrogens (tertiary/aromatic N) is 2. The summed E-state index contributed by atoms with van der Waals surface area (Å²) in [6, 6.07) is 11.2. The number of anilines is 1. The lowest BCUT2D eigenvalue weighted by Crippen LogP contribution is -2.27. The minimum atomic E-state index is -3.78. The normalized spacial score (nSPS) is 11.6. The lowest BCUT2D eigenvalue weighted by Gasteiger charge is -2.14. The average Bonchev–Trinajstić information content (AvgIpc) is 2.65. The number of amides is 2. The van der Waals surface area contributed by atoms with Gasteiger partial charge in [-0.3, -0.25) is 9.59 Å². The summed E-state index contributed by atoms with van der Waals surface area (Å²) in [6.07, 6.45) is 0. The van der Waals surface area contributed by atoms with Crippen LogP contribution in [0.2, 0.25) is 5.02 Å². The third-order valence-electron chi connectivity index (χ3n) is 4.08. The second-order valence-electron chi connectivity index (χ2n) is 7.10. The minimum Gasteiger partial charge on any atom is -0.348 e. The van der Waals surface area contributed by atoms with Gasteiger partial charge in [0.05, 0.1) is 11.6 Å². The molecular weight excluding hydrogens is 428 g/mol. The maximum absolute atomic E-state index is 12.5. The average molecular weight is 453 g/mol. The van der Waals surface area contributed by atoms with E-state index >= 15 is 0 Å². The summed E-state index contributed by atoms with van der Waals surface area (Å²) in [5.41, 5.74) is 1.58. The van der Waals surface area contributed by atoms with Crippen molar-refractivity contribution in [2.45, 2.75) is 11.4 Å². The molecule has 0 atom stereocenters. The van der Waals surface area contributed by atoms with E-state index in [1.165, 1.54) is 32.3 Å². The van der Waals surface area contributed by atoms with Gasteiger partial charge in [0.2, 0.25) is 15.9 Å². The van der Waals surface area contributed by atoms with E-state index in [1.54, 1.807) is 37.2 Å². The molecule has 0 saturated heterocycles. The zero-order chi connectivity index (χ0) is 22.5. The third kappa shape index (κ3) is 6.27. The molecule has 2 aromatic carbocycles. The van der Waals surface area contributed by atoms with Gasteiger partial charge in [0, 0.05) is 31.9 Å². The lowest BCUT2D eigenvalue weighted by atomic mass is 10.1. The van der Waals surface area contributed by atoms with E-state index in [9.17, 15) is 18.0 Å². The molecule has 0 heterocycles. The third-order valence-corrected chi connectivity index (χ3v) is 6.37. The van der Waals surface area contributed by atoms with Crippen molar-refractivity contribution in [1.82, 2.24) is 14.5 Å². The van der Waals surface area contributed by atoms with Crippen molar-refractivity contribution in [2.24, 2.45) is 0 Å². The van der Waals surface area contributed by atoms with Crippen LogP contribution in [0.25, 0.3) is 0 Å². The highest BCUT2D eigenvalue weighted by Crippen LogP contribution is 2.24. The van der Waals surface area contributed by atoms with Crippen molar-refractivity contribution in [2.75, 3.05) is 40.1 Å². The van der Waals surface area contributed by atoms with Crippen LogP contribution >= 0.6 is 11.6 Å². The molecule has 0 bridgehead atoms. The van der Waals surface area contributed by atoms with Crippen LogP contribution < -0.4 is 10.6 Å². The second-order valence-corrected chi connectivity index (χ2v) is 9.63. The number of halogens is 1. The van der Waals surface area contributed by atoms with Crippen molar-refractivity contribution >= 4 is 39.1 Å². The zero-order valence-electron chi connectivity index (χ0n) is 17.3. The van der Waals surface area contributed by atoms with Gasteiger partial charge in [-0.1, -0.05) is 23.7 Å². The van der Waals surface area contributed by atoms with Crippen LogP contribution in [0, 0.1) is 0 Å². The molecule has 0 saturated carbocycles. The Hall–Kier alpha value is -2.46. The van der Waals surface area contributed by atoms with Crippen molar-refractivity contribution in [3.63, 3.8) is 0 Å². The molecule has 2 N–H and O–H groups in total. The van der Waals surface area contributed by atoms with E-state index in [2.05, 4.69) is 10.6 Å². The van der Waals surface area contributed by atoms with Gasteiger partial charge in [-0.15, -0.1) is 0 Å². The molecule has 30 heavy (non-hydrogen) atoms. The fourth-order valence-electron chi connectivity index (χ4n) is 2.57. The molecule has 162 valence electrons. The maximum atomic E-state index is 12.5. The summed E-state index contributed by atoms with van der Waals surface area (Å²) in [6.45, 7) is 0.463. The summed E-state index contributed by atoms with van der Waals surface area (Å²) < 4.78 is 25.8. The van der Waals surface area contributed by atoms with E-state index in [0.717, 1.165) is 9.87 Å². The van der Waals surface area contributed by atoms with Gasteiger partial charge < -0.3 is 15.5 Å². The molecule has 0 unspecified atom stereocenters. The number of likely N-dealkylation sites (N-methyl/N-ethyl adjacent to an activating group) is 1. The summed E-state index contributed by atoms with van der Waals surface area (Å²) >= 11 is 6.02. The zero-order valence-corrected chi connectivity index (χ0v) is 18.8. The molecule has 0 aromatic heterocycles. The van der Waals surface area contributed by atoms with E-state index in [0.29, 0.717) is 5.69 Å². The summed E-state index contributed by atoms with van der Waals surface area (Å²) in [5.74, 6) is -0.583. The molecule has 0 radical (unpaired) electrons. The Balaban J connectivity index is 2.10. The molecule has 0 aliphatic rings. The molecule has 2 amide bonds. The highest BCUT2D eigenvalue weighted by atomic mass is 35.5. The van der Waals surface area contributed by atoms with Gasteiger partial charge in [-0.2, -0.15) is 0 Å². The molecule has 10 heteroatoms. The van der Waals surface area contributed by atoms with E-state index in [1.807, 2.05) is 6.07 Å². The Labute approximate surface area is 181 Å². The number of nitrogens with one attached hydrogen (secondary N) is 2. The first-order valence-electron chi connectivity index (χ1n) is 9.04. The van der Waals surface area contributed by atoms with Crippen LogP contribution in [0.4, 0.5) is 5.69 Å². The molecule has 0 aliphatic heterocycles. The Bertz CT molecular complexity index is 1040. The number of hydrogen-bond donors (Lipinski definition) is 2. The number of rotatable bonds is 8. The Morgan fingerprint density at radius 1 is 1.03 bits per heavy atom. The number of hydrogen-bond acceptors (Lipinski definition) is 5. The number of sulfonamides is 1. The second kappa shape index (κ2) is 10.0. The molecule has 2 aromatic rings. The molecule has 2 rings (SSSR count). The first-order valence-corrected chi connectivity index (χ1v) is 10.9. The first-order chi connectivity index (χ1) is 14.0. The van der Waals surface area contributed by atoms with Gasteiger partial charge in [0.25, 0.3) is 5.91 Å². The lowest BCUT2D eigenvalue weighted by molar-refractivity contribution is -0.116. The molecular formula is C20H25ClN4O4S. The molecule has 0 aliphatic carbocycles. The van der Waals surface area contributed by atoms with Crippen molar-refractivity contribution < 1.29 is 18.0 Å². The predicted molar refractivity (Wildman–Crippen MR) is 117 cm³/mol. The molecule has 0 fully saturated rings. The van der Waals surface area contributed by atoms with Crippen molar-refractivity contribution in [3.8, 4) is 0 Å². The van der Waals surface area contributed by atoms with Crippen LogP contribution in [-0.4, -0.2) is 64.2 Å². The van der Waals surface area contributed by atoms with Gasteiger partial charge in [-0.25, -0.2) is 12.7 Å². The monoisotopic (exact) mass is 452 g/mol. The van der Waals surface area contributed by atoms with Crippen molar-refractivity contribution in [3.05, 3.63) is 58.6 Å². The van der Waals surface area contributed by atoms with Crippen molar-refractivity contribution in [1.29, 1.82) is 0 Å². The number of benzene rings is 2. The van der Waals surface area contributed by atoms with Gasteiger partial charge in [-0.05, 0) is 50.0 Å². The number of carbonyl (C=O) groups is 2. The molecule has 0 spiro atoms. The summed E-state index contributed by atoms with van der Waals surface area (Å²) in [7, 11) is 2.61. The Morgan fingerprint density at radius 2 is 1.73 bits per heavy atom. The van der Waals surface area contributed by atoms with Crippen LogP contribution in [0.5, 0.6) is 0 Å². The van der Waals surface area contributed by atoms with E-state index in [-0.39, 0.29) is 34.5 Å². The van der Waals surface area contributed by atoms with Gasteiger partial charge in [0.1, 0.15) is 4.90 Å². The Morgan fingerprint density at radius 3 is 2.37 bits per heavy atom.